The quantitative estimate of drug-likeness (QED) is 0.778. The van der Waals surface area contributed by atoms with Gasteiger partial charge in [0.15, 0.2) is 0 Å². The third-order valence-corrected chi connectivity index (χ3v) is 4.10. The van der Waals surface area contributed by atoms with E-state index in [-0.39, 0.29) is 0 Å². The van der Waals surface area contributed by atoms with Crippen LogP contribution < -0.4 is 14.8 Å². The Morgan fingerprint density at radius 1 is 0.900 bits per heavy atom. The van der Waals surface area contributed by atoms with Crippen molar-refractivity contribution in [3.05, 3.63) is 50.9 Å². The van der Waals surface area contributed by atoms with E-state index in [9.17, 15) is 0 Å². The summed E-state index contributed by atoms with van der Waals surface area (Å²) in [6.45, 7) is 0.737. The zero-order valence-corrected chi connectivity index (χ0v) is 14.4. The van der Waals surface area contributed by atoms with Gasteiger partial charge in [-0.1, -0.05) is 6.07 Å². The molecule has 0 fully saturated rings. The molecule has 0 atom stereocenters. The van der Waals surface area contributed by atoms with E-state index < -0.39 is 0 Å². The molecule has 0 saturated heterocycles. The summed E-state index contributed by atoms with van der Waals surface area (Å²) in [5, 5.41) is 3.37. The molecule has 2 aromatic rings. The molecule has 1 N–H and O–H groups in total. The van der Waals surface area contributed by atoms with Crippen LogP contribution in [0.5, 0.6) is 11.5 Å². The summed E-state index contributed by atoms with van der Waals surface area (Å²) >= 11 is 6.96. The summed E-state index contributed by atoms with van der Waals surface area (Å²) in [6.07, 6.45) is 0. The lowest BCUT2D eigenvalue weighted by Crippen LogP contribution is -2.00. The van der Waals surface area contributed by atoms with Crippen LogP contribution in [0.25, 0.3) is 0 Å². The highest BCUT2D eigenvalue weighted by Gasteiger charge is 2.03. The molecule has 106 valence electrons. The molecule has 0 aliphatic heterocycles. The van der Waals surface area contributed by atoms with Gasteiger partial charge < -0.3 is 14.8 Å². The molecule has 0 aliphatic carbocycles. The molecule has 0 aliphatic rings. The summed E-state index contributed by atoms with van der Waals surface area (Å²) in [5.74, 6) is 1.66. The minimum absolute atomic E-state index is 0.737. The third kappa shape index (κ3) is 3.67. The van der Waals surface area contributed by atoms with Gasteiger partial charge in [0.25, 0.3) is 0 Å². The number of rotatable bonds is 5. The molecule has 5 heteroatoms. The number of benzene rings is 2. The number of hydrogen-bond acceptors (Lipinski definition) is 3. The van der Waals surface area contributed by atoms with Gasteiger partial charge in [-0.2, -0.15) is 0 Å². The van der Waals surface area contributed by atoms with E-state index in [1.807, 2.05) is 36.4 Å². The van der Waals surface area contributed by atoms with Gasteiger partial charge in [0, 0.05) is 12.2 Å². The second-order valence-electron chi connectivity index (χ2n) is 4.17. The summed E-state index contributed by atoms with van der Waals surface area (Å²) < 4.78 is 12.3. The standard InChI is InChI=1S/C15H15Br2NO2/c1-19-14-5-3-10(7-12(14)16)9-18-11-4-6-15(20-2)13(17)8-11/h3-8,18H,9H2,1-2H3. The molecule has 0 spiro atoms. The minimum atomic E-state index is 0.737. The maximum absolute atomic E-state index is 5.22. The van der Waals surface area contributed by atoms with Gasteiger partial charge in [0.2, 0.25) is 0 Å². The average Bonchev–Trinajstić information content (AvgIpc) is 2.45. The van der Waals surface area contributed by atoms with Gasteiger partial charge in [0.05, 0.1) is 23.2 Å². The van der Waals surface area contributed by atoms with Crippen LogP contribution in [0.2, 0.25) is 0 Å². The molecule has 0 amide bonds. The second-order valence-corrected chi connectivity index (χ2v) is 5.88. The molecule has 0 heterocycles. The molecule has 20 heavy (non-hydrogen) atoms. The zero-order chi connectivity index (χ0) is 14.5. The number of nitrogens with one attached hydrogen (secondary N) is 1. The fraction of sp³-hybridized carbons (Fsp3) is 0.200. The minimum Gasteiger partial charge on any atom is -0.496 e. The average molecular weight is 401 g/mol. The Hall–Kier alpha value is -1.20. The van der Waals surface area contributed by atoms with E-state index >= 15 is 0 Å². The highest BCUT2D eigenvalue weighted by atomic mass is 79.9. The predicted octanol–water partition coefficient (Wildman–Crippen LogP) is 4.84. The molecule has 0 saturated carbocycles. The smallest absolute Gasteiger partial charge is 0.133 e. The second kappa shape index (κ2) is 6.99. The Morgan fingerprint density at radius 2 is 1.50 bits per heavy atom. The van der Waals surface area contributed by atoms with E-state index in [4.69, 9.17) is 9.47 Å². The van der Waals surface area contributed by atoms with Gasteiger partial charge >= 0.3 is 0 Å². The van der Waals surface area contributed by atoms with Gasteiger partial charge in [-0.15, -0.1) is 0 Å². The molecule has 3 nitrogen and oxygen atoms in total. The van der Waals surface area contributed by atoms with Crippen molar-refractivity contribution in [3.63, 3.8) is 0 Å². The molecule has 0 aromatic heterocycles. The SMILES string of the molecule is COc1ccc(CNc2ccc(OC)c(Br)c2)cc1Br. The number of hydrogen-bond donors (Lipinski definition) is 1. The van der Waals surface area contributed by atoms with Gasteiger partial charge in [-0.25, -0.2) is 0 Å². The first-order chi connectivity index (χ1) is 9.63. The normalized spacial score (nSPS) is 10.2. The van der Waals surface area contributed by atoms with Crippen molar-refractivity contribution < 1.29 is 9.47 Å². The van der Waals surface area contributed by atoms with E-state index in [1.54, 1.807) is 14.2 Å². The topological polar surface area (TPSA) is 30.5 Å². The van der Waals surface area contributed by atoms with Crippen LogP contribution in [0.1, 0.15) is 5.56 Å². The number of halogens is 2. The van der Waals surface area contributed by atoms with Crippen LogP contribution in [0.4, 0.5) is 5.69 Å². The molecule has 0 radical (unpaired) electrons. The van der Waals surface area contributed by atoms with Crippen LogP contribution in [-0.4, -0.2) is 14.2 Å². The van der Waals surface area contributed by atoms with E-state index in [2.05, 4.69) is 37.2 Å². The van der Waals surface area contributed by atoms with Crippen molar-refractivity contribution in [3.8, 4) is 11.5 Å². The highest BCUT2D eigenvalue weighted by molar-refractivity contribution is 9.10. The Bertz CT molecular complexity index is 549. The van der Waals surface area contributed by atoms with Crippen molar-refractivity contribution in [2.45, 2.75) is 6.54 Å². The molecular formula is C15H15Br2NO2. The van der Waals surface area contributed by atoms with Crippen molar-refractivity contribution in [1.82, 2.24) is 0 Å². The van der Waals surface area contributed by atoms with Crippen molar-refractivity contribution in [2.24, 2.45) is 0 Å². The summed E-state index contributed by atoms with van der Waals surface area (Å²) in [5.41, 5.74) is 2.20. The molecule has 2 rings (SSSR count). The zero-order valence-electron chi connectivity index (χ0n) is 11.2. The lowest BCUT2D eigenvalue weighted by molar-refractivity contribution is 0.412. The number of anilines is 1. The molecule has 2 aromatic carbocycles. The van der Waals surface area contributed by atoms with E-state index in [1.165, 1.54) is 5.56 Å². The van der Waals surface area contributed by atoms with Gasteiger partial charge in [0.1, 0.15) is 11.5 Å². The predicted molar refractivity (Wildman–Crippen MR) is 88.7 cm³/mol. The van der Waals surface area contributed by atoms with Crippen LogP contribution in [-0.2, 0) is 6.54 Å². The third-order valence-electron chi connectivity index (χ3n) is 2.86. The van der Waals surface area contributed by atoms with E-state index in [0.717, 1.165) is 32.7 Å². The molecule has 0 unspecified atom stereocenters. The Balaban J connectivity index is 2.05. The number of ether oxygens (including phenoxy) is 2. The summed E-state index contributed by atoms with van der Waals surface area (Å²) in [7, 11) is 3.31. The largest absolute Gasteiger partial charge is 0.496 e. The van der Waals surface area contributed by atoms with Crippen LogP contribution in [0.15, 0.2) is 45.3 Å². The Morgan fingerprint density at radius 3 is 2.05 bits per heavy atom. The maximum Gasteiger partial charge on any atom is 0.133 e. The fourth-order valence-electron chi connectivity index (χ4n) is 1.80. The van der Waals surface area contributed by atoms with Crippen LogP contribution in [0, 0.1) is 0 Å². The number of methoxy groups -OCH3 is 2. The fourth-order valence-corrected chi connectivity index (χ4v) is 2.93. The van der Waals surface area contributed by atoms with Gasteiger partial charge in [-0.3, -0.25) is 0 Å². The Labute approximate surface area is 135 Å². The lowest BCUT2D eigenvalue weighted by atomic mass is 10.2. The summed E-state index contributed by atoms with van der Waals surface area (Å²) in [6, 6.07) is 11.9. The monoisotopic (exact) mass is 399 g/mol. The first-order valence-electron chi connectivity index (χ1n) is 6.04. The lowest BCUT2D eigenvalue weighted by Gasteiger charge is -2.10. The summed E-state index contributed by atoms with van der Waals surface area (Å²) in [4.78, 5) is 0. The van der Waals surface area contributed by atoms with Crippen molar-refractivity contribution in [1.29, 1.82) is 0 Å². The van der Waals surface area contributed by atoms with E-state index in [0.29, 0.717) is 0 Å². The van der Waals surface area contributed by atoms with Crippen molar-refractivity contribution >= 4 is 37.5 Å². The Kier molecular flexibility index (Phi) is 5.31. The van der Waals surface area contributed by atoms with Gasteiger partial charge in [-0.05, 0) is 67.8 Å². The highest BCUT2D eigenvalue weighted by Crippen LogP contribution is 2.29. The first kappa shape index (κ1) is 15.2. The first-order valence-corrected chi connectivity index (χ1v) is 7.62. The van der Waals surface area contributed by atoms with Crippen LogP contribution in [0.3, 0.4) is 0 Å². The molecule has 0 bridgehead atoms. The maximum atomic E-state index is 5.22. The van der Waals surface area contributed by atoms with Crippen LogP contribution >= 0.6 is 31.9 Å². The molecular weight excluding hydrogens is 386 g/mol. The van der Waals surface area contributed by atoms with Crippen molar-refractivity contribution in [2.75, 3.05) is 19.5 Å².